The van der Waals surface area contributed by atoms with Crippen LogP contribution in [0.15, 0.2) is 64.8 Å². The van der Waals surface area contributed by atoms with E-state index in [0.717, 1.165) is 17.3 Å². The summed E-state index contributed by atoms with van der Waals surface area (Å²) >= 11 is 8.03. The predicted octanol–water partition coefficient (Wildman–Crippen LogP) is 5.24. The first-order valence-electron chi connectivity index (χ1n) is 9.05. The van der Waals surface area contributed by atoms with Gasteiger partial charge in [0.2, 0.25) is 0 Å². The van der Waals surface area contributed by atoms with Gasteiger partial charge < -0.3 is 10.2 Å². The zero-order valence-electron chi connectivity index (χ0n) is 15.3. The Morgan fingerprint density at radius 2 is 2.04 bits per heavy atom. The van der Waals surface area contributed by atoms with Crippen LogP contribution in [0, 0.1) is 5.82 Å². The maximum atomic E-state index is 14.9. The van der Waals surface area contributed by atoms with Gasteiger partial charge in [0.25, 0.3) is 5.91 Å². The van der Waals surface area contributed by atoms with Crippen molar-refractivity contribution in [3.8, 4) is 0 Å². The van der Waals surface area contributed by atoms with Crippen LogP contribution in [0.5, 0.6) is 0 Å². The number of anilines is 1. The molecule has 0 bridgehead atoms. The Morgan fingerprint density at radius 1 is 1.25 bits per heavy atom. The largest absolute Gasteiger partial charge is 0.340 e. The van der Waals surface area contributed by atoms with E-state index in [1.54, 1.807) is 30.8 Å². The van der Waals surface area contributed by atoms with Gasteiger partial charge in [-0.2, -0.15) is 0 Å². The fourth-order valence-electron chi connectivity index (χ4n) is 3.55. The molecule has 0 saturated carbocycles. The van der Waals surface area contributed by atoms with Gasteiger partial charge in [0.15, 0.2) is 5.17 Å². The number of rotatable bonds is 3. The molecule has 0 aromatic heterocycles. The van der Waals surface area contributed by atoms with Gasteiger partial charge in [-0.3, -0.25) is 4.79 Å². The second kappa shape index (κ2) is 7.97. The summed E-state index contributed by atoms with van der Waals surface area (Å²) in [5.41, 5.74) is 1.99. The molecule has 2 aromatic carbocycles. The number of allylic oxidation sites excluding steroid dienone is 1. The van der Waals surface area contributed by atoms with Gasteiger partial charge in [0.05, 0.1) is 17.3 Å². The molecule has 1 N–H and O–H groups in total. The van der Waals surface area contributed by atoms with Gasteiger partial charge in [-0.15, -0.1) is 0 Å². The highest BCUT2D eigenvalue weighted by Gasteiger charge is 2.39. The van der Waals surface area contributed by atoms with Crippen LogP contribution in [0.25, 0.3) is 0 Å². The van der Waals surface area contributed by atoms with E-state index in [9.17, 15) is 9.18 Å². The van der Waals surface area contributed by atoms with Gasteiger partial charge in [0, 0.05) is 28.6 Å². The van der Waals surface area contributed by atoms with Crippen molar-refractivity contribution >= 4 is 40.1 Å². The van der Waals surface area contributed by atoms with Gasteiger partial charge >= 0.3 is 0 Å². The lowest BCUT2D eigenvalue weighted by atomic mass is 9.93. The van der Waals surface area contributed by atoms with E-state index < -0.39 is 11.9 Å². The fraction of sp³-hybridized carbons (Fsp3) is 0.238. The quantitative estimate of drug-likeness (QED) is 0.745. The number of nitrogens with one attached hydrogen (secondary N) is 1. The first-order valence-corrected chi connectivity index (χ1v) is 10.4. The van der Waals surface area contributed by atoms with E-state index in [1.807, 2.05) is 35.2 Å². The topological polar surface area (TPSA) is 44.7 Å². The molecule has 28 heavy (non-hydrogen) atoms. The number of thioether (sulfide) groups is 1. The number of para-hydroxylation sites is 1. The third kappa shape index (κ3) is 3.54. The minimum atomic E-state index is -0.613. The summed E-state index contributed by atoms with van der Waals surface area (Å²) in [4.78, 5) is 19.9. The molecule has 1 amide bonds. The van der Waals surface area contributed by atoms with Crippen LogP contribution in [-0.4, -0.2) is 28.3 Å². The minimum Gasteiger partial charge on any atom is -0.340 e. The summed E-state index contributed by atoms with van der Waals surface area (Å²) in [5.74, 6) is 0.227. The lowest BCUT2D eigenvalue weighted by Crippen LogP contribution is -2.43. The maximum absolute atomic E-state index is 14.9. The number of carbonyl (C=O) groups excluding carboxylic acids is 1. The Bertz CT molecular complexity index is 957. The van der Waals surface area contributed by atoms with Crippen LogP contribution in [0.3, 0.4) is 0 Å². The molecular weight excluding hydrogens is 397 g/mol. The summed E-state index contributed by atoms with van der Waals surface area (Å²) in [7, 11) is 0. The number of aliphatic imine (C=N–C) groups is 1. The Balaban J connectivity index is 1.82. The lowest BCUT2D eigenvalue weighted by molar-refractivity contribution is -0.113. The van der Waals surface area contributed by atoms with Crippen molar-refractivity contribution < 1.29 is 9.18 Å². The summed E-state index contributed by atoms with van der Waals surface area (Å²) < 4.78 is 14.9. The van der Waals surface area contributed by atoms with Crippen LogP contribution in [0.1, 0.15) is 24.9 Å². The zero-order chi connectivity index (χ0) is 19.7. The monoisotopic (exact) mass is 415 g/mol. The van der Waals surface area contributed by atoms with Crippen molar-refractivity contribution in [2.24, 2.45) is 4.99 Å². The number of hydrogen-bond acceptors (Lipinski definition) is 4. The van der Waals surface area contributed by atoms with Crippen LogP contribution in [0.2, 0.25) is 5.02 Å². The highest BCUT2D eigenvalue weighted by Crippen LogP contribution is 2.42. The fourth-order valence-corrected chi connectivity index (χ4v) is 4.84. The third-order valence-electron chi connectivity index (χ3n) is 4.81. The van der Waals surface area contributed by atoms with Crippen molar-refractivity contribution in [3.05, 3.63) is 76.2 Å². The third-order valence-corrected chi connectivity index (χ3v) is 6.21. The lowest BCUT2D eigenvalue weighted by Gasteiger charge is -2.41. The summed E-state index contributed by atoms with van der Waals surface area (Å²) in [5, 5.41) is 4.03. The molecule has 0 aliphatic carbocycles. The Labute approximate surface area is 172 Å². The first kappa shape index (κ1) is 19.0. The Kier molecular flexibility index (Phi) is 5.42. The van der Waals surface area contributed by atoms with E-state index in [1.165, 1.54) is 6.07 Å². The molecule has 0 radical (unpaired) electrons. The number of nitrogens with zero attached hydrogens (tertiary/aromatic N) is 2. The second-order valence-electron chi connectivity index (χ2n) is 6.65. The molecular formula is C21H19ClFN3OS. The predicted molar refractivity (Wildman–Crippen MR) is 113 cm³/mol. The van der Waals surface area contributed by atoms with Crippen LogP contribution in [-0.2, 0) is 4.79 Å². The normalized spacial score (nSPS) is 19.2. The first-order chi connectivity index (χ1) is 13.6. The van der Waals surface area contributed by atoms with Crippen LogP contribution < -0.4 is 5.32 Å². The van der Waals surface area contributed by atoms with Gasteiger partial charge in [-0.25, -0.2) is 9.38 Å². The molecule has 1 atom stereocenters. The molecule has 7 heteroatoms. The number of carbonyl (C=O) groups is 1. The van der Waals surface area contributed by atoms with Crippen molar-refractivity contribution in [2.75, 3.05) is 17.6 Å². The number of amides is 1. The van der Waals surface area contributed by atoms with Gasteiger partial charge in [0.1, 0.15) is 5.82 Å². The van der Waals surface area contributed by atoms with E-state index in [0.29, 0.717) is 34.1 Å². The number of halogens is 2. The van der Waals surface area contributed by atoms with E-state index in [2.05, 4.69) is 10.3 Å². The summed E-state index contributed by atoms with van der Waals surface area (Å²) in [6.45, 7) is 2.48. The second-order valence-corrected chi connectivity index (χ2v) is 8.12. The van der Waals surface area contributed by atoms with Crippen LogP contribution >= 0.6 is 23.4 Å². The zero-order valence-corrected chi connectivity index (χ0v) is 16.9. The molecule has 2 aromatic rings. The standard InChI is InChI=1S/C21H19ClFN3OS/c1-13-17(20(27)25-14-7-3-2-4-8-14)19(18-15(22)9-5-10-16(18)23)26-11-6-12-28-21(26)24-13/h2-5,7-10,19H,6,11-12H2,1H3,(H,25,27)/t19-/m0/s1. The average Bonchev–Trinajstić information content (AvgIpc) is 2.68. The molecule has 4 nitrogen and oxygen atoms in total. The Morgan fingerprint density at radius 3 is 2.79 bits per heavy atom. The molecule has 2 heterocycles. The highest BCUT2D eigenvalue weighted by molar-refractivity contribution is 8.13. The minimum absolute atomic E-state index is 0.300. The van der Waals surface area contributed by atoms with E-state index in [-0.39, 0.29) is 5.91 Å². The molecule has 2 aliphatic heterocycles. The summed E-state index contributed by atoms with van der Waals surface area (Å²) in [6.07, 6.45) is 0.929. The van der Waals surface area contributed by atoms with E-state index >= 15 is 0 Å². The van der Waals surface area contributed by atoms with Crippen molar-refractivity contribution in [1.82, 2.24) is 4.90 Å². The molecule has 1 fully saturated rings. The Hall–Kier alpha value is -2.31. The number of fused-ring (bicyclic) bond motifs is 1. The van der Waals surface area contributed by atoms with Crippen molar-refractivity contribution in [1.29, 1.82) is 0 Å². The molecule has 1 saturated heterocycles. The molecule has 0 spiro atoms. The molecule has 0 unspecified atom stereocenters. The maximum Gasteiger partial charge on any atom is 0.255 e. The number of benzene rings is 2. The SMILES string of the molecule is CC1=C(C(=O)Nc2ccccc2)[C@@H](c2c(F)cccc2Cl)N2CCCSC2=N1. The summed E-state index contributed by atoms with van der Waals surface area (Å²) in [6, 6.07) is 13.2. The van der Waals surface area contributed by atoms with Crippen LogP contribution in [0.4, 0.5) is 10.1 Å². The van der Waals surface area contributed by atoms with E-state index in [4.69, 9.17) is 11.6 Å². The molecule has 144 valence electrons. The molecule has 4 rings (SSSR count). The smallest absolute Gasteiger partial charge is 0.255 e. The average molecular weight is 416 g/mol. The van der Waals surface area contributed by atoms with Crippen molar-refractivity contribution in [3.63, 3.8) is 0 Å². The number of hydrogen-bond donors (Lipinski definition) is 1. The molecule has 2 aliphatic rings. The van der Waals surface area contributed by atoms with Gasteiger partial charge in [-0.05, 0) is 37.6 Å². The van der Waals surface area contributed by atoms with Gasteiger partial charge in [-0.1, -0.05) is 47.6 Å². The highest BCUT2D eigenvalue weighted by atomic mass is 35.5. The van der Waals surface area contributed by atoms with Crippen molar-refractivity contribution in [2.45, 2.75) is 19.4 Å². The number of amidine groups is 1.